The van der Waals surface area contributed by atoms with E-state index >= 15 is 0 Å². The third-order valence-corrected chi connectivity index (χ3v) is 3.89. The van der Waals surface area contributed by atoms with Crippen molar-refractivity contribution < 1.29 is 39.2 Å². The van der Waals surface area contributed by atoms with E-state index in [2.05, 4.69) is 15.1 Å². The standard InChI is InChI=1S/C16H21N3O5.C4H4O4/c1-22-14-10-12-6-7-16(18-13(12)11-15(14)23-2)17-8-4-3-5-9-24-19(20)21;5-3(6)1-2-4(7)8/h6-7,10-11H,3-5,8-9H2,1-2H3,(H,17,18);1-2H,(H,5,6)(H,7,8)/b;2-1+. The fourth-order valence-electron chi connectivity index (χ4n) is 2.45. The van der Waals surface area contributed by atoms with E-state index in [0.717, 1.165) is 36.1 Å². The molecule has 174 valence electrons. The van der Waals surface area contributed by atoms with Gasteiger partial charge in [-0.3, -0.25) is 0 Å². The lowest BCUT2D eigenvalue weighted by Crippen LogP contribution is -2.05. The molecule has 1 heterocycles. The summed E-state index contributed by atoms with van der Waals surface area (Å²) in [6, 6.07) is 7.61. The summed E-state index contributed by atoms with van der Waals surface area (Å²) in [5.41, 5.74) is 0.817. The highest BCUT2D eigenvalue weighted by molar-refractivity contribution is 5.89. The Bertz CT molecular complexity index is 931. The van der Waals surface area contributed by atoms with Gasteiger partial charge in [-0.05, 0) is 37.5 Å². The number of carboxylic acids is 2. The van der Waals surface area contributed by atoms with Crippen LogP contribution < -0.4 is 14.8 Å². The van der Waals surface area contributed by atoms with Crippen LogP contribution in [0, 0.1) is 10.1 Å². The fraction of sp³-hybridized carbons (Fsp3) is 0.350. The maximum atomic E-state index is 10.0. The van der Waals surface area contributed by atoms with Crippen LogP contribution in [-0.2, 0) is 14.4 Å². The van der Waals surface area contributed by atoms with Gasteiger partial charge in [-0.1, -0.05) is 0 Å². The number of benzene rings is 1. The number of unbranched alkanes of at least 4 members (excludes halogenated alkanes) is 2. The van der Waals surface area contributed by atoms with Gasteiger partial charge in [0.1, 0.15) is 5.82 Å². The molecule has 0 unspecified atom stereocenters. The van der Waals surface area contributed by atoms with Crippen molar-refractivity contribution in [1.29, 1.82) is 0 Å². The highest BCUT2D eigenvalue weighted by Gasteiger charge is 2.07. The van der Waals surface area contributed by atoms with Crippen LogP contribution in [0.2, 0.25) is 0 Å². The van der Waals surface area contributed by atoms with E-state index in [1.165, 1.54) is 0 Å². The van der Waals surface area contributed by atoms with Gasteiger partial charge in [0.15, 0.2) is 11.5 Å². The summed E-state index contributed by atoms with van der Waals surface area (Å²) in [7, 11) is 3.19. The molecule has 0 saturated heterocycles. The van der Waals surface area contributed by atoms with Crippen molar-refractivity contribution in [1.82, 2.24) is 4.98 Å². The molecule has 0 fully saturated rings. The quantitative estimate of drug-likeness (QED) is 0.187. The molecule has 0 spiro atoms. The largest absolute Gasteiger partial charge is 0.493 e. The van der Waals surface area contributed by atoms with Gasteiger partial charge in [0.25, 0.3) is 5.09 Å². The second-order valence-corrected chi connectivity index (χ2v) is 6.15. The Morgan fingerprint density at radius 3 is 2.25 bits per heavy atom. The predicted molar refractivity (Wildman–Crippen MR) is 115 cm³/mol. The van der Waals surface area contributed by atoms with Crippen molar-refractivity contribution >= 4 is 28.7 Å². The van der Waals surface area contributed by atoms with Crippen LogP contribution in [0.4, 0.5) is 5.82 Å². The number of nitrogens with zero attached hydrogens (tertiary/aromatic N) is 2. The predicted octanol–water partition coefficient (Wildman–Crippen LogP) is 2.75. The number of hydrogen-bond acceptors (Lipinski definition) is 9. The number of ether oxygens (including phenoxy) is 2. The van der Waals surface area contributed by atoms with Gasteiger partial charge in [-0.25, -0.2) is 14.6 Å². The van der Waals surface area contributed by atoms with E-state index in [0.29, 0.717) is 30.1 Å². The Kier molecular flexibility index (Phi) is 11.4. The SMILES string of the molecule is COc1cc2ccc(NCCCCCO[N+](=O)[O-])nc2cc1OC.O=C(O)/C=C/C(=O)O. The summed E-state index contributed by atoms with van der Waals surface area (Å²) in [6.45, 7) is 0.882. The number of carboxylic acid groups (broad SMARTS) is 2. The molecule has 0 saturated carbocycles. The average Bonchev–Trinajstić information content (AvgIpc) is 2.76. The normalized spacial score (nSPS) is 10.2. The third-order valence-electron chi connectivity index (χ3n) is 3.89. The van der Waals surface area contributed by atoms with Gasteiger partial charge in [0, 0.05) is 30.1 Å². The molecule has 1 aromatic heterocycles. The van der Waals surface area contributed by atoms with E-state index < -0.39 is 17.0 Å². The Labute approximate surface area is 183 Å². The topological polar surface area (TPSA) is 170 Å². The van der Waals surface area contributed by atoms with Crippen LogP contribution in [0.25, 0.3) is 10.9 Å². The minimum atomic E-state index is -1.26. The molecular formula is C20H25N3O9. The highest BCUT2D eigenvalue weighted by Crippen LogP contribution is 2.31. The second kappa shape index (κ2) is 14.0. The number of rotatable bonds is 12. The lowest BCUT2D eigenvalue weighted by molar-refractivity contribution is -0.757. The Morgan fingerprint density at radius 2 is 1.69 bits per heavy atom. The molecule has 0 bridgehead atoms. The van der Waals surface area contributed by atoms with Crippen LogP contribution in [0.3, 0.4) is 0 Å². The lowest BCUT2D eigenvalue weighted by atomic mass is 10.2. The molecule has 2 rings (SSSR count). The van der Waals surface area contributed by atoms with Crippen molar-refractivity contribution in [3.63, 3.8) is 0 Å². The van der Waals surface area contributed by atoms with Crippen molar-refractivity contribution in [3.8, 4) is 11.5 Å². The molecule has 0 aliphatic heterocycles. The van der Waals surface area contributed by atoms with E-state index in [1.807, 2.05) is 24.3 Å². The van der Waals surface area contributed by atoms with Gasteiger partial charge >= 0.3 is 11.9 Å². The molecule has 0 radical (unpaired) electrons. The molecule has 0 aliphatic carbocycles. The first-order valence-electron chi connectivity index (χ1n) is 9.44. The number of hydrogen-bond donors (Lipinski definition) is 3. The monoisotopic (exact) mass is 451 g/mol. The first-order chi connectivity index (χ1) is 15.3. The molecular weight excluding hydrogens is 426 g/mol. The van der Waals surface area contributed by atoms with Crippen molar-refractivity contribution in [2.75, 3.05) is 32.7 Å². The number of carbonyl (C=O) groups is 2. The summed E-state index contributed by atoms with van der Waals surface area (Å²) in [5, 5.41) is 29.1. The molecule has 0 aliphatic rings. The summed E-state index contributed by atoms with van der Waals surface area (Å²) in [4.78, 5) is 37.9. The van der Waals surface area contributed by atoms with Crippen LogP contribution in [0.1, 0.15) is 19.3 Å². The lowest BCUT2D eigenvalue weighted by Gasteiger charge is -2.10. The average molecular weight is 451 g/mol. The molecule has 32 heavy (non-hydrogen) atoms. The zero-order valence-corrected chi connectivity index (χ0v) is 17.6. The van der Waals surface area contributed by atoms with E-state index in [4.69, 9.17) is 19.7 Å². The van der Waals surface area contributed by atoms with Crippen LogP contribution in [-0.4, -0.2) is 59.6 Å². The minimum Gasteiger partial charge on any atom is -0.493 e. The molecule has 0 atom stereocenters. The summed E-state index contributed by atoms with van der Waals surface area (Å²) in [5.74, 6) is -0.430. The zero-order valence-electron chi connectivity index (χ0n) is 17.6. The summed E-state index contributed by atoms with van der Waals surface area (Å²) < 4.78 is 10.6. The van der Waals surface area contributed by atoms with Gasteiger partial charge < -0.3 is 29.8 Å². The number of methoxy groups -OCH3 is 2. The van der Waals surface area contributed by atoms with E-state index in [9.17, 15) is 19.7 Å². The van der Waals surface area contributed by atoms with Crippen molar-refractivity contribution in [3.05, 3.63) is 46.5 Å². The number of nitrogens with one attached hydrogen (secondary N) is 1. The highest BCUT2D eigenvalue weighted by atomic mass is 16.9. The van der Waals surface area contributed by atoms with Crippen LogP contribution in [0.5, 0.6) is 11.5 Å². The Hall–Kier alpha value is -4.09. The number of fused-ring (bicyclic) bond motifs is 1. The van der Waals surface area contributed by atoms with Gasteiger partial charge in [0.2, 0.25) is 0 Å². The maximum Gasteiger partial charge on any atom is 0.328 e. The number of aromatic nitrogens is 1. The number of aliphatic carboxylic acids is 2. The van der Waals surface area contributed by atoms with Crippen molar-refractivity contribution in [2.45, 2.75) is 19.3 Å². The van der Waals surface area contributed by atoms with Crippen molar-refractivity contribution in [2.24, 2.45) is 0 Å². The Morgan fingerprint density at radius 1 is 1.06 bits per heavy atom. The molecule has 12 nitrogen and oxygen atoms in total. The Balaban J connectivity index is 0.000000547. The summed E-state index contributed by atoms with van der Waals surface area (Å²) in [6.07, 6.45) is 3.50. The fourth-order valence-corrected chi connectivity index (χ4v) is 2.45. The second-order valence-electron chi connectivity index (χ2n) is 6.15. The van der Waals surface area contributed by atoms with Gasteiger partial charge in [-0.2, -0.15) is 0 Å². The van der Waals surface area contributed by atoms with Gasteiger partial charge in [0.05, 0.1) is 26.3 Å². The minimum absolute atomic E-state index is 0.142. The smallest absolute Gasteiger partial charge is 0.328 e. The third kappa shape index (κ3) is 10.1. The number of anilines is 1. The maximum absolute atomic E-state index is 10.0. The molecule has 0 amide bonds. The molecule has 2 aromatic rings. The first-order valence-corrected chi connectivity index (χ1v) is 9.44. The first kappa shape index (κ1) is 25.9. The zero-order chi connectivity index (χ0) is 23.9. The molecule has 1 aromatic carbocycles. The molecule has 12 heteroatoms. The van der Waals surface area contributed by atoms with Crippen LogP contribution >= 0.6 is 0 Å². The van der Waals surface area contributed by atoms with Gasteiger partial charge in [-0.15, -0.1) is 10.1 Å². The van der Waals surface area contributed by atoms with E-state index in [-0.39, 0.29) is 6.61 Å². The number of pyridine rings is 1. The van der Waals surface area contributed by atoms with E-state index in [1.54, 1.807) is 14.2 Å². The van der Waals surface area contributed by atoms with Crippen LogP contribution in [0.15, 0.2) is 36.4 Å². The summed E-state index contributed by atoms with van der Waals surface area (Å²) >= 11 is 0. The molecule has 3 N–H and O–H groups in total.